The number of benzene rings is 2. The molecule has 7 atom stereocenters. The number of nitrogens with two attached hydrogens (primary N) is 4. The van der Waals surface area contributed by atoms with Gasteiger partial charge in [0.15, 0.2) is 11.9 Å². The Bertz CT molecular complexity index is 2530. The van der Waals surface area contributed by atoms with Crippen LogP contribution in [0.1, 0.15) is 75.8 Å². The molecule has 1 saturated heterocycles. The molecule has 0 radical (unpaired) electrons. The third-order valence-electron chi connectivity index (χ3n) is 12.1. The Balaban J connectivity index is 1.77. The van der Waals surface area contributed by atoms with Gasteiger partial charge in [0.25, 0.3) is 0 Å². The molecule has 26 nitrogen and oxygen atoms in total. The van der Waals surface area contributed by atoms with Gasteiger partial charge in [0.2, 0.25) is 53.2 Å². The average molecular weight is 1060 g/mol. The summed E-state index contributed by atoms with van der Waals surface area (Å²) in [5, 5.41) is 42.4. The Kier molecular flexibility index (Phi) is 24.0. The van der Waals surface area contributed by atoms with Gasteiger partial charge in [-0.1, -0.05) is 48.0 Å². The summed E-state index contributed by atoms with van der Waals surface area (Å²) in [4.78, 5) is 127. The lowest BCUT2D eigenvalue weighted by Gasteiger charge is -2.28. The molecule has 2 heterocycles. The molecule has 4 rings (SSSR count). The van der Waals surface area contributed by atoms with Crippen LogP contribution in [0.4, 0.5) is 0 Å². The van der Waals surface area contributed by atoms with Crippen LogP contribution in [0.5, 0.6) is 0 Å². The zero-order chi connectivity index (χ0) is 55.0. The van der Waals surface area contributed by atoms with E-state index in [1.807, 2.05) is 18.2 Å². The van der Waals surface area contributed by atoms with Crippen LogP contribution in [0, 0.1) is 10.8 Å². The molecule has 408 valence electrons. The number of carbonyl (C=O) groups excluding carboxylic acids is 9. The molecule has 9 amide bonds. The molecule has 1 aliphatic heterocycles. The highest BCUT2D eigenvalue weighted by Crippen LogP contribution is 2.21. The second-order valence-electron chi connectivity index (χ2n) is 18.0. The highest BCUT2D eigenvalue weighted by Gasteiger charge is 2.35. The van der Waals surface area contributed by atoms with E-state index in [9.17, 15) is 43.2 Å². The molecule has 1 fully saturated rings. The third kappa shape index (κ3) is 20.1. The summed E-state index contributed by atoms with van der Waals surface area (Å²) < 4.78 is 0. The largest absolute Gasteiger partial charge is 0.370 e. The van der Waals surface area contributed by atoms with Gasteiger partial charge in [0.1, 0.15) is 42.3 Å². The molecule has 1 aromatic heterocycles. The minimum atomic E-state index is -1.49. The number of hydrogen-bond acceptors (Lipinski definition) is 12. The van der Waals surface area contributed by atoms with Gasteiger partial charge in [-0.15, -0.1) is 0 Å². The topological polar surface area (TPSA) is 441 Å². The number of halogens is 1. The number of H-pyrrole nitrogens is 1. The van der Waals surface area contributed by atoms with E-state index in [0.29, 0.717) is 11.1 Å². The molecule has 0 bridgehead atoms. The number of aromatic amines is 1. The predicted octanol–water partition coefficient (Wildman–Crippen LogP) is -2.93. The van der Waals surface area contributed by atoms with Crippen molar-refractivity contribution in [3.05, 3.63) is 70.9 Å². The lowest BCUT2D eigenvalue weighted by molar-refractivity contribution is -0.136. The molecule has 0 spiro atoms. The fourth-order valence-corrected chi connectivity index (χ4v) is 8.40. The monoisotopic (exact) mass is 1060 g/mol. The first-order chi connectivity index (χ1) is 35.8. The lowest BCUT2D eigenvalue weighted by atomic mass is 10.0. The second kappa shape index (κ2) is 30.3. The summed E-state index contributed by atoms with van der Waals surface area (Å²) in [6.07, 6.45) is 0.926. The van der Waals surface area contributed by atoms with Crippen molar-refractivity contribution in [2.45, 2.75) is 120 Å². The number of nitrogens with one attached hydrogen (secondary N) is 13. The van der Waals surface area contributed by atoms with Gasteiger partial charge in [-0.25, -0.2) is 0 Å². The summed E-state index contributed by atoms with van der Waals surface area (Å²) in [5.41, 5.74) is 24.4. The van der Waals surface area contributed by atoms with E-state index in [1.165, 1.54) is 6.92 Å². The van der Waals surface area contributed by atoms with Crippen molar-refractivity contribution in [1.82, 2.24) is 58.2 Å². The lowest BCUT2D eigenvalue weighted by Crippen LogP contribution is -2.60. The fourth-order valence-electron chi connectivity index (χ4n) is 8.19. The third-order valence-corrected chi connectivity index (χ3v) is 12.4. The maximum Gasteiger partial charge on any atom is 0.243 e. The molecule has 21 N–H and O–H groups in total. The van der Waals surface area contributed by atoms with Crippen molar-refractivity contribution in [2.75, 3.05) is 26.2 Å². The number of aromatic nitrogens is 1. The SMILES string of the molecule is CC(=O)N[C@@H](CCCNC(=N)N)C(=O)N[C@H]1CCC(=O)NCCC[C@@H](C(N)=O)NC(=O)[C@H](Cc2c[nH]c3ccccc23)NC(=O)[C@H](CCCNC(=N)N)NC(=O)[C@@H](Cc2ccccc2Cl)NC(=O)[C@H](CCN)NC1=O. The summed E-state index contributed by atoms with van der Waals surface area (Å²) in [7, 11) is 0. The minimum absolute atomic E-state index is 0.0237. The van der Waals surface area contributed by atoms with Crippen LogP contribution < -0.4 is 76.1 Å². The van der Waals surface area contributed by atoms with Crippen molar-refractivity contribution in [3.8, 4) is 0 Å². The number of carbonyl (C=O) groups is 9. The predicted molar refractivity (Wildman–Crippen MR) is 279 cm³/mol. The zero-order valence-corrected chi connectivity index (χ0v) is 42.5. The quantitative estimate of drug-likeness (QED) is 0.0345. The van der Waals surface area contributed by atoms with Gasteiger partial charge in [0, 0.05) is 67.9 Å². The summed E-state index contributed by atoms with van der Waals surface area (Å²) >= 11 is 6.56. The van der Waals surface area contributed by atoms with E-state index in [1.54, 1.807) is 36.5 Å². The van der Waals surface area contributed by atoms with Crippen LogP contribution >= 0.6 is 11.6 Å². The highest BCUT2D eigenvalue weighted by molar-refractivity contribution is 6.31. The summed E-state index contributed by atoms with van der Waals surface area (Å²) in [6.45, 7) is 1.29. The van der Waals surface area contributed by atoms with Crippen LogP contribution in [0.15, 0.2) is 54.7 Å². The summed E-state index contributed by atoms with van der Waals surface area (Å²) in [6, 6.07) is 4.12. The van der Waals surface area contributed by atoms with Gasteiger partial charge in [-0.2, -0.15) is 0 Å². The molecular formula is C48H70ClN17O9. The molecule has 0 saturated carbocycles. The van der Waals surface area contributed by atoms with Crippen LogP contribution in [0.25, 0.3) is 10.9 Å². The number of fused-ring (bicyclic) bond motifs is 1. The van der Waals surface area contributed by atoms with Gasteiger partial charge < -0.3 is 81.1 Å². The molecule has 27 heteroatoms. The van der Waals surface area contributed by atoms with Crippen molar-refractivity contribution in [2.24, 2.45) is 22.9 Å². The van der Waals surface area contributed by atoms with Crippen LogP contribution in [-0.4, -0.2) is 139 Å². The molecule has 1 aliphatic rings. The van der Waals surface area contributed by atoms with Crippen molar-refractivity contribution in [3.63, 3.8) is 0 Å². The molecular weight excluding hydrogens is 994 g/mol. The van der Waals surface area contributed by atoms with Crippen LogP contribution in [0.3, 0.4) is 0 Å². The molecule has 3 aromatic rings. The highest BCUT2D eigenvalue weighted by atomic mass is 35.5. The Morgan fingerprint density at radius 2 is 1.29 bits per heavy atom. The number of para-hydroxylation sites is 1. The first-order valence-electron chi connectivity index (χ1n) is 24.6. The first kappa shape index (κ1) is 59.6. The Morgan fingerprint density at radius 3 is 1.93 bits per heavy atom. The van der Waals surface area contributed by atoms with Gasteiger partial charge >= 0.3 is 0 Å². The van der Waals surface area contributed by atoms with Gasteiger partial charge in [-0.05, 0) is 81.2 Å². The minimum Gasteiger partial charge on any atom is -0.370 e. The number of amides is 9. The maximum absolute atomic E-state index is 14.6. The van der Waals surface area contributed by atoms with E-state index in [0.717, 1.165) is 10.9 Å². The van der Waals surface area contributed by atoms with Crippen molar-refractivity contribution >= 4 is 87.6 Å². The number of primary amides is 1. The Morgan fingerprint density at radius 1 is 0.720 bits per heavy atom. The van der Waals surface area contributed by atoms with Crippen molar-refractivity contribution in [1.29, 1.82) is 10.8 Å². The van der Waals surface area contributed by atoms with E-state index >= 15 is 0 Å². The number of hydrogen-bond donors (Lipinski definition) is 17. The number of rotatable bonds is 18. The number of guanidine groups is 2. The van der Waals surface area contributed by atoms with Gasteiger partial charge in [0.05, 0.1) is 0 Å². The Labute approximate surface area is 438 Å². The molecule has 0 unspecified atom stereocenters. The van der Waals surface area contributed by atoms with E-state index in [-0.39, 0.29) is 114 Å². The molecule has 0 aliphatic carbocycles. The average Bonchev–Trinajstić information content (AvgIpc) is 3.77. The molecule has 75 heavy (non-hydrogen) atoms. The van der Waals surface area contributed by atoms with E-state index < -0.39 is 95.5 Å². The van der Waals surface area contributed by atoms with E-state index in [2.05, 4.69) is 58.2 Å². The van der Waals surface area contributed by atoms with Crippen LogP contribution in [0.2, 0.25) is 5.02 Å². The molecule has 2 aromatic carbocycles. The second-order valence-corrected chi connectivity index (χ2v) is 18.4. The van der Waals surface area contributed by atoms with Gasteiger partial charge in [-0.3, -0.25) is 54.0 Å². The smallest absolute Gasteiger partial charge is 0.243 e. The van der Waals surface area contributed by atoms with E-state index in [4.69, 9.17) is 45.4 Å². The van der Waals surface area contributed by atoms with Crippen LogP contribution in [-0.2, 0) is 56.0 Å². The maximum atomic E-state index is 14.6. The fraction of sp³-hybridized carbons (Fsp3) is 0.479. The summed E-state index contributed by atoms with van der Waals surface area (Å²) in [5.74, 6) is -7.84. The zero-order valence-electron chi connectivity index (χ0n) is 41.7. The Hall–Kier alpha value is -8.00. The standard InChI is InChI=1S/C48H70ClN17O9/c1-26(67)60-33(14-7-21-57-47(52)53)41(70)63-35-16-17-39(68)56-20-6-13-32(40(51)69)61-45(74)38(24-28-25-59-31-12-5-3-10-29(28)31)66-42(71)34(15-8-22-58-48(54)55)62-46(75)37(23-27-9-2-4-11-30(27)49)65-44(73)36(18-19-50)64-43(35)72/h2-5,9-12,25,32-38,59H,6-8,13-24,50H2,1H3,(H2,51,69)(H,56,68)(H,60,67)(H,61,74)(H,62,75)(H,63,70)(H,64,72)(H,65,73)(H,66,71)(H4,52,53,57)(H4,54,55,58)/t32-,33-,34-,35-,36-,37+,38-/m0/s1. The first-order valence-corrected chi connectivity index (χ1v) is 24.9. The normalized spacial score (nSPS) is 21.1. The van der Waals surface area contributed by atoms with Crippen molar-refractivity contribution < 1.29 is 43.2 Å².